The third-order valence-corrected chi connectivity index (χ3v) is 6.13. The summed E-state index contributed by atoms with van der Waals surface area (Å²) >= 11 is 6.14. The average Bonchev–Trinajstić information content (AvgIpc) is 3.37. The van der Waals surface area contributed by atoms with E-state index in [1.807, 2.05) is 47.8 Å². The SMILES string of the molecule is COc1ccc(Br)cc1-c1nc(COC(=O)CSc2nc3ccccc3o2)cs1. The lowest BCUT2D eigenvalue weighted by atomic mass is 10.2. The molecule has 4 rings (SSSR count). The van der Waals surface area contributed by atoms with Crippen LogP contribution in [0.2, 0.25) is 0 Å². The number of carbonyl (C=O) groups excluding carboxylic acids is 1. The lowest BCUT2D eigenvalue weighted by Gasteiger charge is -2.06. The van der Waals surface area contributed by atoms with E-state index < -0.39 is 0 Å². The van der Waals surface area contributed by atoms with Crippen molar-refractivity contribution in [2.45, 2.75) is 11.8 Å². The minimum atomic E-state index is -0.355. The van der Waals surface area contributed by atoms with Gasteiger partial charge in [0.2, 0.25) is 0 Å². The van der Waals surface area contributed by atoms with Crippen molar-refractivity contribution >= 4 is 56.1 Å². The maximum Gasteiger partial charge on any atom is 0.316 e. The molecule has 0 N–H and O–H groups in total. The van der Waals surface area contributed by atoms with Crippen LogP contribution in [0.3, 0.4) is 0 Å². The Balaban J connectivity index is 1.33. The first-order valence-electron chi connectivity index (χ1n) is 8.54. The van der Waals surface area contributed by atoms with Gasteiger partial charge in [0.1, 0.15) is 28.6 Å². The van der Waals surface area contributed by atoms with Crippen LogP contribution in [0.5, 0.6) is 5.75 Å². The molecular weight excluding hydrogens is 476 g/mol. The van der Waals surface area contributed by atoms with Crippen molar-refractivity contribution in [3.63, 3.8) is 0 Å². The molecule has 0 unspecified atom stereocenters. The maximum absolute atomic E-state index is 12.1. The molecule has 2 aromatic carbocycles. The second-order valence-electron chi connectivity index (χ2n) is 5.89. The number of rotatable bonds is 7. The van der Waals surface area contributed by atoms with Crippen LogP contribution in [0.15, 0.2) is 62.0 Å². The fraction of sp³-hybridized carbons (Fsp3) is 0.150. The van der Waals surface area contributed by atoms with Crippen LogP contribution in [-0.2, 0) is 16.1 Å². The van der Waals surface area contributed by atoms with Gasteiger partial charge in [-0.05, 0) is 30.3 Å². The van der Waals surface area contributed by atoms with Crippen LogP contribution in [0.1, 0.15) is 5.69 Å². The summed E-state index contributed by atoms with van der Waals surface area (Å²) in [5.41, 5.74) is 3.03. The summed E-state index contributed by atoms with van der Waals surface area (Å²) in [4.78, 5) is 20.9. The van der Waals surface area contributed by atoms with Crippen LogP contribution in [0, 0.1) is 0 Å². The largest absolute Gasteiger partial charge is 0.496 e. The Labute approximate surface area is 183 Å². The Morgan fingerprint density at radius 2 is 2.10 bits per heavy atom. The van der Waals surface area contributed by atoms with Crippen molar-refractivity contribution in [1.82, 2.24) is 9.97 Å². The number of benzene rings is 2. The van der Waals surface area contributed by atoms with E-state index in [1.54, 1.807) is 7.11 Å². The van der Waals surface area contributed by atoms with E-state index in [1.165, 1.54) is 23.1 Å². The van der Waals surface area contributed by atoms with Crippen molar-refractivity contribution in [2.24, 2.45) is 0 Å². The molecule has 2 aromatic heterocycles. The number of para-hydroxylation sites is 2. The summed E-state index contributed by atoms with van der Waals surface area (Å²) in [7, 11) is 1.62. The number of aromatic nitrogens is 2. The summed E-state index contributed by atoms with van der Waals surface area (Å²) in [5, 5.41) is 3.12. The normalized spacial score (nSPS) is 11.0. The number of methoxy groups -OCH3 is 1. The molecule has 6 nitrogen and oxygen atoms in total. The summed E-state index contributed by atoms with van der Waals surface area (Å²) < 4.78 is 17.2. The molecule has 9 heteroatoms. The monoisotopic (exact) mass is 490 g/mol. The first kappa shape index (κ1) is 19.9. The van der Waals surface area contributed by atoms with Gasteiger partial charge in [0.25, 0.3) is 5.22 Å². The second-order valence-corrected chi connectivity index (χ2v) is 8.59. The van der Waals surface area contributed by atoms with E-state index in [4.69, 9.17) is 13.9 Å². The molecule has 0 amide bonds. The van der Waals surface area contributed by atoms with Gasteiger partial charge in [0.05, 0.1) is 18.4 Å². The predicted molar refractivity (Wildman–Crippen MR) is 116 cm³/mol. The van der Waals surface area contributed by atoms with Gasteiger partial charge < -0.3 is 13.9 Å². The van der Waals surface area contributed by atoms with E-state index in [0.29, 0.717) is 16.5 Å². The van der Waals surface area contributed by atoms with E-state index in [0.717, 1.165) is 26.3 Å². The standard InChI is InChI=1S/C20H15BrN2O4S2/c1-25-16-7-6-12(21)8-14(16)19-22-13(10-28-19)9-26-18(24)11-29-20-23-15-4-2-3-5-17(15)27-20/h2-8,10H,9,11H2,1H3. The molecule has 148 valence electrons. The second kappa shape index (κ2) is 8.98. The van der Waals surface area contributed by atoms with Gasteiger partial charge in [-0.2, -0.15) is 0 Å². The fourth-order valence-corrected chi connectivity index (χ4v) is 4.40. The Morgan fingerprint density at radius 1 is 1.24 bits per heavy atom. The minimum absolute atomic E-state index is 0.111. The Hall–Kier alpha value is -2.36. The zero-order chi connectivity index (χ0) is 20.2. The highest BCUT2D eigenvalue weighted by atomic mass is 79.9. The number of halogens is 1. The molecule has 0 aliphatic heterocycles. The fourth-order valence-electron chi connectivity index (χ4n) is 2.57. The molecule has 0 saturated carbocycles. The van der Waals surface area contributed by atoms with Crippen LogP contribution >= 0.6 is 39.0 Å². The topological polar surface area (TPSA) is 74.5 Å². The molecule has 0 atom stereocenters. The summed E-state index contributed by atoms with van der Waals surface area (Å²) in [5.74, 6) is 0.496. The Bertz CT molecular complexity index is 1130. The minimum Gasteiger partial charge on any atom is -0.496 e. The number of hydrogen-bond donors (Lipinski definition) is 0. The number of oxazole rings is 1. The number of ether oxygens (including phenoxy) is 2. The molecule has 0 saturated heterocycles. The van der Waals surface area contributed by atoms with Gasteiger partial charge in [-0.15, -0.1) is 11.3 Å². The first-order chi connectivity index (χ1) is 14.1. The highest BCUT2D eigenvalue weighted by molar-refractivity contribution is 9.10. The Kier molecular flexibility index (Phi) is 6.17. The third kappa shape index (κ3) is 4.80. The average molecular weight is 491 g/mol. The smallest absolute Gasteiger partial charge is 0.316 e. The molecule has 4 aromatic rings. The Morgan fingerprint density at radius 3 is 2.93 bits per heavy atom. The van der Waals surface area contributed by atoms with E-state index in [2.05, 4.69) is 25.9 Å². The highest BCUT2D eigenvalue weighted by Gasteiger charge is 2.13. The van der Waals surface area contributed by atoms with Crippen LogP contribution < -0.4 is 4.74 Å². The van der Waals surface area contributed by atoms with Crippen LogP contribution in [0.4, 0.5) is 0 Å². The molecule has 0 aliphatic carbocycles. The number of hydrogen-bond acceptors (Lipinski definition) is 8. The molecule has 0 bridgehead atoms. The summed E-state index contributed by atoms with van der Waals surface area (Å²) in [6.07, 6.45) is 0. The number of carbonyl (C=O) groups is 1. The third-order valence-electron chi connectivity index (χ3n) is 3.91. The molecule has 0 aliphatic rings. The summed E-state index contributed by atoms with van der Waals surface area (Å²) in [6.45, 7) is 0.111. The van der Waals surface area contributed by atoms with Crippen LogP contribution in [-0.4, -0.2) is 28.8 Å². The maximum atomic E-state index is 12.1. The van der Waals surface area contributed by atoms with E-state index in [-0.39, 0.29) is 18.3 Å². The van der Waals surface area contributed by atoms with Crippen molar-refractivity contribution in [1.29, 1.82) is 0 Å². The molecule has 0 fully saturated rings. The zero-order valence-electron chi connectivity index (χ0n) is 15.3. The van der Waals surface area contributed by atoms with Crippen molar-refractivity contribution < 1.29 is 18.7 Å². The van der Waals surface area contributed by atoms with Crippen molar-refractivity contribution in [3.05, 3.63) is 58.0 Å². The van der Waals surface area contributed by atoms with Gasteiger partial charge in [-0.25, -0.2) is 9.97 Å². The zero-order valence-corrected chi connectivity index (χ0v) is 18.5. The quantitative estimate of drug-likeness (QED) is 0.248. The lowest BCUT2D eigenvalue weighted by molar-refractivity contribution is -0.141. The van der Waals surface area contributed by atoms with Crippen molar-refractivity contribution in [2.75, 3.05) is 12.9 Å². The van der Waals surface area contributed by atoms with E-state index in [9.17, 15) is 4.79 Å². The number of fused-ring (bicyclic) bond motifs is 1. The van der Waals surface area contributed by atoms with Gasteiger partial charge in [-0.1, -0.05) is 39.8 Å². The predicted octanol–water partition coefficient (Wildman–Crippen LogP) is 5.56. The molecule has 0 radical (unpaired) electrons. The number of thioether (sulfide) groups is 1. The van der Waals surface area contributed by atoms with Gasteiger partial charge >= 0.3 is 5.97 Å². The van der Waals surface area contributed by atoms with Gasteiger partial charge in [0, 0.05) is 9.85 Å². The highest BCUT2D eigenvalue weighted by Crippen LogP contribution is 2.34. The van der Waals surface area contributed by atoms with Crippen LogP contribution in [0.25, 0.3) is 21.7 Å². The molecule has 29 heavy (non-hydrogen) atoms. The van der Waals surface area contributed by atoms with E-state index >= 15 is 0 Å². The van der Waals surface area contributed by atoms with Gasteiger partial charge in [-0.3, -0.25) is 4.79 Å². The first-order valence-corrected chi connectivity index (χ1v) is 11.2. The molecular formula is C20H15BrN2O4S2. The molecule has 2 heterocycles. The molecule has 0 spiro atoms. The number of nitrogens with zero attached hydrogens (tertiary/aromatic N) is 2. The lowest BCUT2D eigenvalue weighted by Crippen LogP contribution is -2.07. The van der Waals surface area contributed by atoms with Gasteiger partial charge in [0.15, 0.2) is 5.58 Å². The number of esters is 1. The van der Waals surface area contributed by atoms with Crippen molar-refractivity contribution in [3.8, 4) is 16.3 Å². The number of thiazole rings is 1. The summed E-state index contributed by atoms with van der Waals surface area (Å²) in [6, 6.07) is 13.2.